The smallest absolute Gasteiger partial charge is 0.374 e. The molecular formula is C9H6ClNO3. The van der Waals surface area contributed by atoms with Crippen LogP contribution in [0.4, 0.5) is 4.79 Å². The van der Waals surface area contributed by atoms with Gasteiger partial charge in [-0.05, 0) is 17.7 Å². The second-order valence-corrected chi connectivity index (χ2v) is 3.27. The summed E-state index contributed by atoms with van der Waals surface area (Å²) in [7, 11) is 0. The van der Waals surface area contributed by atoms with Crippen LogP contribution in [0.1, 0.15) is 11.6 Å². The molecule has 5 heteroatoms. The van der Waals surface area contributed by atoms with E-state index in [9.17, 15) is 9.59 Å². The van der Waals surface area contributed by atoms with Crippen molar-refractivity contribution in [1.82, 2.24) is 5.32 Å². The summed E-state index contributed by atoms with van der Waals surface area (Å²) in [6, 6.07) is 5.92. The Kier molecular flexibility index (Phi) is 2.13. The van der Waals surface area contributed by atoms with E-state index in [2.05, 4.69) is 10.1 Å². The molecule has 1 aliphatic rings. The Balaban J connectivity index is 2.27. The molecule has 0 aliphatic carbocycles. The quantitative estimate of drug-likeness (QED) is 0.568. The second kappa shape index (κ2) is 3.31. The molecule has 1 amide bonds. The molecule has 1 atom stereocenters. The minimum absolute atomic E-state index is 0.575. The number of ether oxygens (including phenoxy) is 1. The predicted molar refractivity (Wildman–Crippen MR) is 48.8 cm³/mol. The van der Waals surface area contributed by atoms with Gasteiger partial charge in [-0.25, -0.2) is 9.59 Å². The van der Waals surface area contributed by atoms with Gasteiger partial charge < -0.3 is 10.1 Å². The fraction of sp³-hybridized carbons (Fsp3) is 0.111. The van der Waals surface area contributed by atoms with E-state index in [0.29, 0.717) is 10.6 Å². The third-order valence-electron chi connectivity index (χ3n) is 1.89. The van der Waals surface area contributed by atoms with Crippen LogP contribution in [0, 0.1) is 0 Å². The average Bonchev–Trinajstić information content (AvgIpc) is 2.47. The van der Waals surface area contributed by atoms with Gasteiger partial charge in [-0.1, -0.05) is 23.7 Å². The van der Waals surface area contributed by atoms with Gasteiger partial charge in [0.05, 0.1) is 0 Å². The molecule has 14 heavy (non-hydrogen) atoms. The number of benzene rings is 1. The zero-order chi connectivity index (χ0) is 10.1. The number of carbonyl (C=O) groups is 2. The summed E-state index contributed by atoms with van der Waals surface area (Å²) < 4.78 is 4.34. The van der Waals surface area contributed by atoms with E-state index in [1.165, 1.54) is 0 Å². The molecule has 0 spiro atoms. The number of carbonyl (C=O) groups excluding carboxylic acids is 2. The van der Waals surface area contributed by atoms with Crippen molar-refractivity contribution in [3.63, 3.8) is 0 Å². The van der Waals surface area contributed by atoms with Crippen LogP contribution in [0.25, 0.3) is 0 Å². The first kappa shape index (κ1) is 9.02. The molecule has 1 N–H and O–H groups in total. The highest BCUT2D eigenvalue weighted by atomic mass is 35.5. The van der Waals surface area contributed by atoms with Crippen LogP contribution in [0.3, 0.4) is 0 Å². The van der Waals surface area contributed by atoms with Gasteiger partial charge in [0.15, 0.2) is 6.04 Å². The highest BCUT2D eigenvalue weighted by Gasteiger charge is 2.33. The molecule has 1 aliphatic heterocycles. The molecule has 72 valence electrons. The molecular weight excluding hydrogens is 206 g/mol. The van der Waals surface area contributed by atoms with Crippen LogP contribution in [-0.2, 0) is 9.53 Å². The van der Waals surface area contributed by atoms with Crippen molar-refractivity contribution < 1.29 is 14.3 Å². The summed E-state index contributed by atoms with van der Waals surface area (Å²) in [5, 5.41) is 2.96. The minimum atomic E-state index is -0.713. The lowest BCUT2D eigenvalue weighted by Crippen LogP contribution is -2.19. The summed E-state index contributed by atoms with van der Waals surface area (Å²) >= 11 is 5.68. The number of halogens is 1. The third-order valence-corrected chi connectivity index (χ3v) is 2.15. The average molecular weight is 212 g/mol. The Morgan fingerprint density at radius 2 is 1.86 bits per heavy atom. The summed E-state index contributed by atoms with van der Waals surface area (Å²) in [5.41, 5.74) is 0.658. The first-order valence-corrected chi connectivity index (χ1v) is 4.32. The van der Waals surface area contributed by atoms with Gasteiger partial charge in [0.2, 0.25) is 0 Å². The van der Waals surface area contributed by atoms with Crippen LogP contribution < -0.4 is 5.32 Å². The standard InChI is InChI=1S/C9H6ClNO3/c10-6-3-1-5(2-4-6)7-8(12)14-9(13)11-7/h1-4,7H,(H,11,13)/t7-/m0/s1. The topological polar surface area (TPSA) is 55.4 Å². The first-order chi connectivity index (χ1) is 6.66. The Bertz CT molecular complexity index is 388. The lowest BCUT2D eigenvalue weighted by molar-refractivity contribution is -0.135. The molecule has 0 bridgehead atoms. The fourth-order valence-corrected chi connectivity index (χ4v) is 1.36. The normalized spacial score (nSPS) is 20.5. The summed E-state index contributed by atoms with van der Waals surface area (Å²) in [6.07, 6.45) is -0.713. The summed E-state index contributed by atoms with van der Waals surface area (Å²) in [4.78, 5) is 21.9. The molecule has 1 aromatic carbocycles. The van der Waals surface area contributed by atoms with E-state index in [0.717, 1.165) is 0 Å². The second-order valence-electron chi connectivity index (χ2n) is 2.84. The number of nitrogens with one attached hydrogen (secondary N) is 1. The minimum Gasteiger partial charge on any atom is -0.374 e. The monoisotopic (exact) mass is 211 g/mol. The van der Waals surface area contributed by atoms with Crippen LogP contribution in [-0.4, -0.2) is 12.1 Å². The molecule has 0 unspecified atom stereocenters. The molecule has 1 saturated heterocycles. The van der Waals surface area contributed by atoms with Crippen molar-refractivity contribution in [2.75, 3.05) is 0 Å². The maximum atomic E-state index is 11.1. The van der Waals surface area contributed by atoms with Crippen molar-refractivity contribution in [1.29, 1.82) is 0 Å². The highest BCUT2D eigenvalue weighted by Crippen LogP contribution is 2.21. The van der Waals surface area contributed by atoms with Gasteiger partial charge in [0.1, 0.15) is 0 Å². The zero-order valence-corrected chi connectivity index (χ0v) is 7.75. The van der Waals surface area contributed by atoms with Gasteiger partial charge in [-0.3, -0.25) is 0 Å². The van der Waals surface area contributed by atoms with E-state index >= 15 is 0 Å². The molecule has 4 nitrogen and oxygen atoms in total. The number of cyclic esters (lactones) is 2. The van der Waals surface area contributed by atoms with E-state index in [1.54, 1.807) is 24.3 Å². The molecule has 1 heterocycles. The molecule has 2 rings (SSSR count). The van der Waals surface area contributed by atoms with E-state index < -0.39 is 18.1 Å². The summed E-state index contributed by atoms with van der Waals surface area (Å²) in [5.74, 6) is -0.586. The van der Waals surface area contributed by atoms with Gasteiger partial charge in [-0.15, -0.1) is 0 Å². The highest BCUT2D eigenvalue weighted by molar-refractivity contribution is 6.30. The third kappa shape index (κ3) is 1.56. The first-order valence-electron chi connectivity index (χ1n) is 3.94. The number of amides is 1. The maximum absolute atomic E-state index is 11.1. The molecule has 1 fully saturated rings. The van der Waals surface area contributed by atoms with Crippen LogP contribution >= 0.6 is 11.6 Å². The Hall–Kier alpha value is -1.55. The lowest BCUT2D eigenvalue weighted by atomic mass is 10.1. The molecule has 0 saturated carbocycles. The Morgan fingerprint density at radius 3 is 2.36 bits per heavy atom. The predicted octanol–water partition coefficient (Wildman–Crippen LogP) is 1.65. The largest absolute Gasteiger partial charge is 0.415 e. The van der Waals surface area contributed by atoms with Gasteiger partial charge in [0, 0.05) is 5.02 Å². The van der Waals surface area contributed by atoms with Crippen LogP contribution in [0.5, 0.6) is 0 Å². The molecule has 0 radical (unpaired) electrons. The number of hydrogen-bond donors (Lipinski definition) is 1. The number of alkyl carbamates (subject to hydrolysis) is 1. The van der Waals surface area contributed by atoms with E-state index in [-0.39, 0.29) is 0 Å². The van der Waals surface area contributed by atoms with E-state index in [4.69, 9.17) is 11.6 Å². The molecule has 1 aromatic rings. The van der Waals surface area contributed by atoms with Gasteiger partial charge in [0.25, 0.3) is 0 Å². The number of esters is 1. The van der Waals surface area contributed by atoms with Crippen LogP contribution in [0.15, 0.2) is 24.3 Å². The van der Waals surface area contributed by atoms with E-state index in [1.807, 2.05) is 0 Å². The zero-order valence-electron chi connectivity index (χ0n) is 6.99. The fourth-order valence-electron chi connectivity index (χ4n) is 1.23. The van der Waals surface area contributed by atoms with Gasteiger partial charge in [-0.2, -0.15) is 0 Å². The maximum Gasteiger partial charge on any atom is 0.415 e. The number of hydrogen-bond acceptors (Lipinski definition) is 3. The lowest BCUT2D eigenvalue weighted by Gasteiger charge is -2.04. The molecule has 0 aromatic heterocycles. The summed E-state index contributed by atoms with van der Waals surface area (Å²) in [6.45, 7) is 0. The number of rotatable bonds is 1. The Morgan fingerprint density at radius 1 is 1.21 bits per heavy atom. The van der Waals surface area contributed by atoms with Crippen molar-refractivity contribution in [3.8, 4) is 0 Å². The SMILES string of the molecule is O=C1N[C@@H](c2ccc(Cl)cc2)C(=O)O1. The van der Waals surface area contributed by atoms with Crippen molar-refractivity contribution in [2.45, 2.75) is 6.04 Å². The van der Waals surface area contributed by atoms with Gasteiger partial charge >= 0.3 is 12.1 Å². The van der Waals surface area contributed by atoms with Crippen molar-refractivity contribution in [3.05, 3.63) is 34.9 Å². The van der Waals surface area contributed by atoms with Crippen LogP contribution in [0.2, 0.25) is 5.02 Å². The van der Waals surface area contributed by atoms with Crippen molar-refractivity contribution in [2.24, 2.45) is 0 Å². The Labute approximate surface area is 84.8 Å². The van der Waals surface area contributed by atoms with Crippen molar-refractivity contribution >= 4 is 23.7 Å².